The molecule has 9 heavy (non-hydrogen) atoms. The molecule has 0 bridgehead atoms. The van der Waals surface area contributed by atoms with Gasteiger partial charge in [-0.05, 0) is 12.8 Å². The normalized spacial score (nSPS) is 13.7. The van der Waals surface area contributed by atoms with Crippen LogP contribution in [0.15, 0.2) is 0 Å². The Morgan fingerprint density at radius 1 is 1.44 bits per heavy atom. The van der Waals surface area contributed by atoms with Crippen molar-refractivity contribution < 1.29 is 14.9 Å². The Morgan fingerprint density at radius 2 is 2.11 bits per heavy atom. The summed E-state index contributed by atoms with van der Waals surface area (Å²) in [4.78, 5) is 0. The highest BCUT2D eigenvalue weighted by Crippen LogP contribution is 1.98. The monoisotopic (exact) mass is 134 g/mol. The zero-order valence-electron chi connectivity index (χ0n) is 5.71. The second-order valence-electron chi connectivity index (χ2n) is 1.91. The zero-order chi connectivity index (χ0) is 7.11. The van der Waals surface area contributed by atoms with Crippen LogP contribution in [0.4, 0.5) is 0 Å². The van der Waals surface area contributed by atoms with Gasteiger partial charge in [-0.3, -0.25) is 0 Å². The molecule has 0 aliphatic carbocycles. The number of ether oxygens (including phenoxy) is 1. The summed E-state index contributed by atoms with van der Waals surface area (Å²) in [6.45, 7) is 0.205. The van der Waals surface area contributed by atoms with E-state index in [1.807, 2.05) is 0 Å². The Hall–Kier alpha value is -0.120. The molecule has 0 saturated carbocycles. The van der Waals surface area contributed by atoms with E-state index in [9.17, 15) is 0 Å². The molecule has 0 rings (SSSR count). The number of methoxy groups -OCH3 is 1. The number of rotatable bonds is 5. The van der Waals surface area contributed by atoms with Gasteiger partial charge < -0.3 is 14.9 Å². The summed E-state index contributed by atoms with van der Waals surface area (Å²) in [7, 11) is 1.55. The number of hydrogen-bond donors (Lipinski definition) is 2. The molecule has 1 atom stereocenters. The van der Waals surface area contributed by atoms with E-state index in [-0.39, 0.29) is 19.3 Å². The predicted molar refractivity (Wildman–Crippen MR) is 34.2 cm³/mol. The van der Waals surface area contributed by atoms with Crippen LogP contribution in [-0.2, 0) is 4.74 Å². The van der Waals surface area contributed by atoms with Crippen molar-refractivity contribution in [2.75, 3.05) is 20.3 Å². The largest absolute Gasteiger partial charge is 0.396 e. The van der Waals surface area contributed by atoms with Gasteiger partial charge in [0.2, 0.25) is 0 Å². The first-order chi connectivity index (χ1) is 4.35. The van der Waals surface area contributed by atoms with Crippen LogP contribution in [0.2, 0.25) is 0 Å². The number of aliphatic hydroxyl groups is 2. The molecule has 0 amide bonds. The summed E-state index contributed by atoms with van der Waals surface area (Å²) >= 11 is 0. The van der Waals surface area contributed by atoms with E-state index in [4.69, 9.17) is 14.9 Å². The van der Waals surface area contributed by atoms with Crippen molar-refractivity contribution >= 4 is 0 Å². The maximum atomic E-state index is 8.55. The summed E-state index contributed by atoms with van der Waals surface area (Å²) in [5, 5.41) is 16.9. The van der Waals surface area contributed by atoms with Crippen LogP contribution in [0.5, 0.6) is 0 Å². The van der Waals surface area contributed by atoms with Crippen molar-refractivity contribution in [2.45, 2.75) is 18.9 Å². The smallest absolute Gasteiger partial charge is 0.0802 e. The highest BCUT2D eigenvalue weighted by Gasteiger charge is 2.02. The Bertz CT molecular complexity index is 52.3. The topological polar surface area (TPSA) is 49.7 Å². The van der Waals surface area contributed by atoms with E-state index < -0.39 is 0 Å². The molecule has 3 nitrogen and oxygen atoms in total. The quantitative estimate of drug-likeness (QED) is 0.546. The standard InChI is InChI=1S/C6H14O3/c1-9-6(5-8)3-2-4-7/h6-8H,2-5H2,1H3. The predicted octanol–water partition coefficient (Wildman–Crippen LogP) is -0.234. The van der Waals surface area contributed by atoms with Crippen molar-refractivity contribution in [1.82, 2.24) is 0 Å². The first-order valence-corrected chi connectivity index (χ1v) is 3.09. The fourth-order valence-electron chi connectivity index (χ4n) is 0.603. The van der Waals surface area contributed by atoms with Gasteiger partial charge in [-0.2, -0.15) is 0 Å². The molecule has 0 saturated heterocycles. The molecule has 56 valence electrons. The molecule has 3 heteroatoms. The van der Waals surface area contributed by atoms with Crippen LogP contribution in [0, 0.1) is 0 Å². The molecule has 0 aromatic heterocycles. The molecule has 2 N–H and O–H groups in total. The maximum absolute atomic E-state index is 8.55. The first-order valence-electron chi connectivity index (χ1n) is 3.09. The van der Waals surface area contributed by atoms with Crippen LogP contribution in [0.3, 0.4) is 0 Å². The summed E-state index contributed by atoms with van der Waals surface area (Å²) in [5.41, 5.74) is 0. The minimum Gasteiger partial charge on any atom is -0.396 e. The molecule has 0 fully saturated rings. The number of aliphatic hydroxyl groups excluding tert-OH is 2. The highest BCUT2D eigenvalue weighted by molar-refractivity contribution is 4.53. The Balaban J connectivity index is 3.09. The van der Waals surface area contributed by atoms with Crippen LogP contribution < -0.4 is 0 Å². The average Bonchev–Trinajstić information content (AvgIpc) is 1.91. The molecule has 0 radical (unpaired) electrons. The lowest BCUT2D eigenvalue weighted by atomic mass is 10.2. The van der Waals surface area contributed by atoms with Gasteiger partial charge in [-0.15, -0.1) is 0 Å². The van der Waals surface area contributed by atoms with Gasteiger partial charge in [0.25, 0.3) is 0 Å². The molecule has 1 unspecified atom stereocenters. The Kier molecular flexibility index (Phi) is 5.93. The molecule has 0 aliphatic rings. The third-order valence-corrected chi connectivity index (χ3v) is 1.22. The summed E-state index contributed by atoms with van der Waals surface area (Å²) < 4.78 is 4.84. The van der Waals surface area contributed by atoms with Crippen LogP contribution >= 0.6 is 0 Å². The Labute approximate surface area is 55.3 Å². The maximum Gasteiger partial charge on any atom is 0.0802 e. The van der Waals surface area contributed by atoms with Crippen molar-refractivity contribution in [3.8, 4) is 0 Å². The fourth-order valence-corrected chi connectivity index (χ4v) is 0.603. The first kappa shape index (κ1) is 8.88. The average molecular weight is 134 g/mol. The van der Waals surface area contributed by atoms with Gasteiger partial charge in [0, 0.05) is 13.7 Å². The van der Waals surface area contributed by atoms with E-state index in [1.54, 1.807) is 7.11 Å². The second-order valence-corrected chi connectivity index (χ2v) is 1.91. The molecular formula is C6H14O3. The Morgan fingerprint density at radius 3 is 2.44 bits per heavy atom. The van der Waals surface area contributed by atoms with Crippen LogP contribution in [0.1, 0.15) is 12.8 Å². The number of hydrogen-bond acceptors (Lipinski definition) is 3. The molecular weight excluding hydrogens is 120 g/mol. The third-order valence-electron chi connectivity index (χ3n) is 1.22. The molecule has 0 aliphatic heterocycles. The van der Waals surface area contributed by atoms with Gasteiger partial charge in [0.1, 0.15) is 0 Å². The van der Waals surface area contributed by atoms with Crippen LogP contribution in [0.25, 0.3) is 0 Å². The summed E-state index contributed by atoms with van der Waals surface area (Å²) in [6, 6.07) is 0. The highest BCUT2D eigenvalue weighted by atomic mass is 16.5. The van der Waals surface area contributed by atoms with Gasteiger partial charge in [-0.1, -0.05) is 0 Å². The zero-order valence-corrected chi connectivity index (χ0v) is 5.71. The van der Waals surface area contributed by atoms with Crippen LogP contribution in [-0.4, -0.2) is 36.6 Å². The summed E-state index contributed by atoms with van der Waals surface area (Å²) in [5.74, 6) is 0. The molecule has 0 spiro atoms. The van der Waals surface area contributed by atoms with Gasteiger partial charge >= 0.3 is 0 Å². The van der Waals surface area contributed by atoms with E-state index in [0.29, 0.717) is 6.42 Å². The summed E-state index contributed by atoms with van der Waals surface area (Å²) in [6.07, 6.45) is 1.32. The van der Waals surface area contributed by atoms with E-state index in [2.05, 4.69) is 0 Å². The third kappa shape index (κ3) is 4.39. The fraction of sp³-hybridized carbons (Fsp3) is 1.00. The lowest BCUT2D eigenvalue weighted by Gasteiger charge is -2.09. The van der Waals surface area contributed by atoms with Gasteiger partial charge in [0.05, 0.1) is 12.7 Å². The SMILES string of the molecule is COC(CO)CCCO. The minimum atomic E-state index is -0.0999. The molecule has 0 aromatic carbocycles. The lowest BCUT2D eigenvalue weighted by molar-refractivity contribution is 0.0387. The minimum absolute atomic E-state index is 0.0382. The van der Waals surface area contributed by atoms with E-state index >= 15 is 0 Å². The van der Waals surface area contributed by atoms with Crippen molar-refractivity contribution in [3.63, 3.8) is 0 Å². The molecule has 0 heterocycles. The van der Waals surface area contributed by atoms with E-state index in [1.165, 1.54) is 0 Å². The van der Waals surface area contributed by atoms with E-state index in [0.717, 1.165) is 6.42 Å². The lowest BCUT2D eigenvalue weighted by Crippen LogP contribution is -2.15. The van der Waals surface area contributed by atoms with Crippen molar-refractivity contribution in [1.29, 1.82) is 0 Å². The van der Waals surface area contributed by atoms with Gasteiger partial charge in [0.15, 0.2) is 0 Å². The van der Waals surface area contributed by atoms with Gasteiger partial charge in [-0.25, -0.2) is 0 Å². The molecule has 0 aromatic rings. The second kappa shape index (κ2) is 6.01. The van der Waals surface area contributed by atoms with Crippen molar-refractivity contribution in [2.24, 2.45) is 0 Å². The van der Waals surface area contributed by atoms with Crippen molar-refractivity contribution in [3.05, 3.63) is 0 Å².